The SMILES string of the molecule is CC(C)N1CCCC1C1NCC(C)(C)O1. The van der Waals surface area contributed by atoms with E-state index in [2.05, 4.69) is 37.9 Å². The van der Waals surface area contributed by atoms with Crippen LogP contribution in [0.5, 0.6) is 0 Å². The summed E-state index contributed by atoms with van der Waals surface area (Å²) in [5.74, 6) is 0. The lowest BCUT2D eigenvalue weighted by Crippen LogP contribution is -2.47. The van der Waals surface area contributed by atoms with Crippen molar-refractivity contribution < 1.29 is 4.74 Å². The summed E-state index contributed by atoms with van der Waals surface area (Å²) >= 11 is 0. The predicted octanol–water partition coefficient (Wildman–Crippen LogP) is 1.58. The first-order valence-corrected chi connectivity index (χ1v) is 6.16. The van der Waals surface area contributed by atoms with Gasteiger partial charge in [0.1, 0.15) is 6.23 Å². The maximum Gasteiger partial charge on any atom is 0.124 e. The van der Waals surface area contributed by atoms with Crippen LogP contribution in [0.2, 0.25) is 0 Å². The van der Waals surface area contributed by atoms with Gasteiger partial charge in [-0.05, 0) is 47.1 Å². The standard InChI is InChI=1S/C12H24N2O/c1-9(2)14-7-5-6-10(14)11-13-8-12(3,4)15-11/h9-11,13H,5-8H2,1-4H3. The van der Waals surface area contributed by atoms with Crippen LogP contribution in [-0.2, 0) is 4.74 Å². The van der Waals surface area contributed by atoms with Gasteiger partial charge in [0.15, 0.2) is 0 Å². The van der Waals surface area contributed by atoms with Gasteiger partial charge in [-0.25, -0.2) is 0 Å². The summed E-state index contributed by atoms with van der Waals surface area (Å²) < 4.78 is 6.06. The van der Waals surface area contributed by atoms with Crippen molar-refractivity contribution in [1.82, 2.24) is 10.2 Å². The number of rotatable bonds is 2. The molecular formula is C12H24N2O. The van der Waals surface area contributed by atoms with E-state index >= 15 is 0 Å². The predicted molar refractivity (Wildman–Crippen MR) is 61.8 cm³/mol. The number of ether oxygens (including phenoxy) is 1. The third-order valence-electron chi connectivity index (χ3n) is 3.53. The van der Waals surface area contributed by atoms with Crippen molar-refractivity contribution in [2.24, 2.45) is 0 Å². The fourth-order valence-corrected chi connectivity index (χ4v) is 2.77. The van der Waals surface area contributed by atoms with Crippen molar-refractivity contribution in [2.75, 3.05) is 13.1 Å². The van der Waals surface area contributed by atoms with E-state index in [0.717, 1.165) is 6.54 Å². The molecule has 0 saturated carbocycles. The lowest BCUT2D eigenvalue weighted by molar-refractivity contribution is -0.0531. The Kier molecular flexibility index (Phi) is 3.06. The summed E-state index contributed by atoms with van der Waals surface area (Å²) in [6.07, 6.45) is 2.82. The second kappa shape index (κ2) is 4.04. The number of nitrogens with one attached hydrogen (secondary N) is 1. The van der Waals surface area contributed by atoms with Gasteiger partial charge in [-0.3, -0.25) is 10.2 Å². The van der Waals surface area contributed by atoms with Crippen molar-refractivity contribution in [1.29, 1.82) is 0 Å². The molecule has 0 aromatic carbocycles. The van der Waals surface area contributed by atoms with E-state index < -0.39 is 0 Å². The van der Waals surface area contributed by atoms with E-state index in [1.165, 1.54) is 19.4 Å². The molecule has 0 aromatic rings. The summed E-state index contributed by atoms with van der Waals surface area (Å²) in [6.45, 7) is 11.1. The second-order valence-corrected chi connectivity index (χ2v) is 5.72. The molecule has 2 heterocycles. The number of nitrogens with zero attached hydrogens (tertiary/aromatic N) is 1. The molecule has 2 aliphatic rings. The molecule has 0 radical (unpaired) electrons. The molecule has 1 N–H and O–H groups in total. The van der Waals surface area contributed by atoms with Gasteiger partial charge in [-0.1, -0.05) is 0 Å². The van der Waals surface area contributed by atoms with Crippen LogP contribution in [0, 0.1) is 0 Å². The van der Waals surface area contributed by atoms with E-state index in [1.54, 1.807) is 0 Å². The van der Waals surface area contributed by atoms with Gasteiger partial charge in [0, 0.05) is 18.6 Å². The van der Waals surface area contributed by atoms with Crippen molar-refractivity contribution >= 4 is 0 Å². The average Bonchev–Trinajstić information content (AvgIpc) is 2.69. The van der Waals surface area contributed by atoms with Crippen LogP contribution in [0.1, 0.15) is 40.5 Å². The van der Waals surface area contributed by atoms with Crippen LogP contribution in [-0.4, -0.2) is 41.9 Å². The quantitative estimate of drug-likeness (QED) is 0.752. The van der Waals surface area contributed by atoms with Crippen molar-refractivity contribution in [3.05, 3.63) is 0 Å². The molecule has 2 unspecified atom stereocenters. The Bertz CT molecular complexity index is 228. The molecule has 2 saturated heterocycles. The van der Waals surface area contributed by atoms with E-state index in [-0.39, 0.29) is 11.8 Å². The van der Waals surface area contributed by atoms with Gasteiger partial charge in [0.2, 0.25) is 0 Å². The molecule has 2 atom stereocenters. The maximum atomic E-state index is 6.06. The lowest BCUT2D eigenvalue weighted by atomic mass is 10.1. The van der Waals surface area contributed by atoms with Crippen molar-refractivity contribution in [2.45, 2.75) is 64.4 Å². The van der Waals surface area contributed by atoms with Gasteiger partial charge in [-0.2, -0.15) is 0 Å². The summed E-state index contributed by atoms with van der Waals surface area (Å²) in [4.78, 5) is 2.57. The third-order valence-corrected chi connectivity index (χ3v) is 3.53. The van der Waals surface area contributed by atoms with Crippen molar-refractivity contribution in [3.8, 4) is 0 Å². The molecular weight excluding hydrogens is 188 g/mol. The molecule has 2 rings (SSSR count). The topological polar surface area (TPSA) is 24.5 Å². The first-order chi connectivity index (χ1) is 6.99. The molecule has 0 aromatic heterocycles. The van der Waals surface area contributed by atoms with Gasteiger partial charge in [0.25, 0.3) is 0 Å². The Hall–Kier alpha value is -0.120. The van der Waals surface area contributed by atoms with E-state index in [9.17, 15) is 0 Å². The molecule has 3 heteroatoms. The third kappa shape index (κ3) is 2.35. The average molecular weight is 212 g/mol. The highest BCUT2D eigenvalue weighted by Crippen LogP contribution is 2.28. The van der Waals surface area contributed by atoms with Gasteiger partial charge in [-0.15, -0.1) is 0 Å². The fraction of sp³-hybridized carbons (Fsp3) is 1.00. The Morgan fingerprint density at radius 3 is 2.67 bits per heavy atom. The highest BCUT2D eigenvalue weighted by molar-refractivity contribution is 4.92. The molecule has 88 valence electrons. The summed E-state index contributed by atoms with van der Waals surface area (Å²) in [5, 5.41) is 3.51. The largest absolute Gasteiger partial charge is 0.355 e. The Morgan fingerprint density at radius 2 is 2.13 bits per heavy atom. The Labute approximate surface area is 93.2 Å². The van der Waals surface area contributed by atoms with Crippen LogP contribution >= 0.6 is 0 Å². The molecule has 2 aliphatic heterocycles. The minimum absolute atomic E-state index is 0.00983. The van der Waals surface area contributed by atoms with Crippen LogP contribution < -0.4 is 5.32 Å². The van der Waals surface area contributed by atoms with E-state index in [0.29, 0.717) is 12.1 Å². The zero-order valence-electron chi connectivity index (χ0n) is 10.4. The van der Waals surface area contributed by atoms with Crippen LogP contribution in [0.4, 0.5) is 0 Å². The molecule has 0 bridgehead atoms. The first-order valence-electron chi connectivity index (χ1n) is 6.16. The number of hydrogen-bond donors (Lipinski definition) is 1. The van der Waals surface area contributed by atoms with Crippen molar-refractivity contribution in [3.63, 3.8) is 0 Å². The van der Waals surface area contributed by atoms with Crippen LogP contribution in [0.25, 0.3) is 0 Å². The van der Waals surface area contributed by atoms with E-state index in [1.807, 2.05) is 0 Å². The molecule has 0 amide bonds. The van der Waals surface area contributed by atoms with Gasteiger partial charge >= 0.3 is 0 Å². The maximum absolute atomic E-state index is 6.06. The van der Waals surface area contributed by atoms with Gasteiger partial charge in [0.05, 0.1) is 5.60 Å². The lowest BCUT2D eigenvalue weighted by Gasteiger charge is -2.32. The number of hydrogen-bond acceptors (Lipinski definition) is 3. The van der Waals surface area contributed by atoms with Crippen LogP contribution in [0.15, 0.2) is 0 Å². The molecule has 2 fully saturated rings. The van der Waals surface area contributed by atoms with E-state index in [4.69, 9.17) is 4.74 Å². The monoisotopic (exact) mass is 212 g/mol. The zero-order chi connectivity index (χ0) is 11.1. The molecule has 0 aliphatic carbocycles. The minimum atomic E-state index is 0.00983. The highest BCUT2D eigenvalue weighted by Gasteiger charge is 2.40. The second-order valence-electron chi connectivity index (χ2n) is 5.72. The fourth-order valence-electron chi connectivity index (χ4n) is 2.77. The Morgan fingerprint density at radius 1 is 1.40 bits per heavy atom. The normalized spacial score (nSPS) is 36.6. The zero-order valence-corrected chi connectivity index (χ0v) is 10.4. The summed E-state index contributed by atoms with van der Waals surface area (Å²) in [6, 6.07) is 1.21. The highest BCUT2D eigenvalue weighted by atomic mass is 16.5. The Balaban J connectivity index is 1.99. The molecule has 15 heavy (non-hydrogen) atoms. The van der Waals surface area contributed by atoms with Gasteiger partial charge < -0.3 is 4.74 Å². The summed E-state index contributed by atoms with van der Waals surface area (Å²) in [7, 11) is 0. The molecule has 3 nitrogen and oxygen atoms in total. The first kappa shape index (κ1) is 11.4. The number of likely N-dealkylation sites (tertiary alicyclic amines) is 1. The smallest absolute Gasteiger partial charge is 0.124 e. The van der Waals surface area contributed by atoms with Crippen LogP contribution in [0.3, 0.4) is 0 Å². The summed E-state index contributed by atoms with van der Waals surface area (Å²) in [5.41, 5.74) is 0.00983. The minimum Gasteiger partial charge on any atom is -0.355 e. The molecule has 0 spiro atoms.